The van der Waals surface area contributed by atoms with Crippen LogP contribution in [-0.2, 0) is 0 Å². The number of para-hydroxylation sites is 2. The van der Waals surface area contributed by atoms with E-state index in [-0.39, 0.29) is 10.8 Å². The number of carbonyl (C=O) groups is 1. The van der Waals surface area contributed by atoms with E-state index in [1.807, 2.05) is 97.9 Å². The van der Waals surface area contributed by atoms with Gasteiger partial charge in [-0.05, 0) is 43.4 Å². The van der Waals surface area contributed by atoms with Gasteiger partial charge < -0.3 is 5.32 Å². The average molecular weight is 480 g/mol. The second-order valence-electron chi connectivity index (χ2n) is 7.69. The molecule has 0 saturated heterocycles. The highest BCUT2D eigenvalue weighted by Gasteiger charge is 2.22. The van der Waals surface area contributed by atoms with Gasteiger partial charge in [-0.1, -0.05) is 66.7 Å². The molecule has 172 valence electrons. The number of benzene rings is 3. The molecular formula is C26H21N7OS. The Balaban J connectivity index is 1.51. The number of hydrazine groups is 1. The minimum Gasteiger partial charge on any atom is -0.331 e. The molecule has 0 radical (unpaired) electrons. The number of thiocarbonyl (C=S) groups is 1. The van der Waals surface area contributed by atoms with Gasteiger partial charge in [0.1, 0.15) is 11.2 Å². The van der Waals surface area contributed by atoms with E-state index >= 15 is 0 Å². The third-order valence-electron chi connectivity index (χ3n) is 5.26. The van der Waals surface area contributed by atoms with Gasteiger partial charge in [-0.2, -0.15) is 5.10 Å². The van der Waals surface area contributed by atoms with E-state index in [1.165, 1.54) is 0 Å². The van der Waals surface area contributed by atoms with E-state index in [2.05, 4.69) is 21.3 Å². The number of nitrogens with zero attached hydrogens (tertiary/aromatic N) is 4. The lowest BCUT2D eigenvalue weighted by atomic mass is 10.1. The fourth-order valence-corrected chi connectivity index (χ4v) is 3.79. The molecule has 3 N–H and O–H groups in total. The van der Waals surface area contributed by atoms with Gasteiger partial charge in [0.05, 0.1) is 11.4 Å². The molecule has 5 rings (SSSR count). The second kappa shape index (κ2) is 9.70. The highest BCUT2D eigenvalue weighted by atomic mass is 32.1. The number of anilines is 1. The molecule has 0 fully saturated rings. The molecule has 0 spiro atoms. The van der Waals surface area contributed by atoms with E-state index in [0.29, 0.717) is 22.6 Å². The van der Waals surface area contributed by atoms with Crippen LogP contribution >= 0.6 is 12.2 Å². The predicted molar refractivity (Wildman–Crippen MR) is 140 cm³/mol. The van der Waals surface area contributed by atoms with E-state index in [9.17, 15) is 4.79 Å². The maximum absolute atomic E-state index is 13.2. The number of nitrogens with one attached hydrogen (secondary N) is 3. The maximum Gasteiger partial charge on any atom is 0.290 e. The Hall–Kier alpha value is -4.63. The summed E-state index contributed by atoms with van der Waals surface area (Å²) in [5, 5.41) is 7.88. The van der Waals surface area contributed by atoms with Crippen molar-refractivity contribution in [1.82, 2.24) is 30.6 Å². The number of carbonyl (C=O) groups excluding carboxylic acids is 1. The van der Waals surface area contributed by atoms with Gasteiger partial charge in [0.2, 0.25) is 0 Å². The topological polar surface area (TPSA) is 96.8 Å². The molecule has 8 nitrogen and oxygen atoms in total. The van der Waals surface area contributed by atoms with E-state index < -0.39 is 5.91 Å². The molecule has 0 aliphatic heterocycles. The number of hydrogen-bond acceptors (Lipinski definition) is 5. The standard InChI is InChI=1S/C26H21N7OS/c1-17-21-24(33(32-17)20-15-9-4-10-16-20)29-22(18-11-5-2-6-12-18)23(28-21)25(34)30-31-26(35)27-19-13-7-3-8-14-19/h2-16H,1H3,(H,30,34)(H2,27,31,35). The van der Waals surface area contributed by atoms with E-state index in [4.69, 9.17) is 22.2 Å². The number of aryl methyl sites for hydroxylation is 1. The first-order valence-electron chi connectivity index (χ1n) is 10.9. The van der Waals surface area contributed by atoms with Crippen LogP contribution in [-0.4, -0.2) is 30.8 Å². The Labute approximate surface area is 207 Å². The summed E-state index contributed by atoms with van der Waals surface area (Å²) in [7, 11) is 0. The Bertz CT molecular complexity index is 1500. The van der Waals surface area contributed by atoms with Crippen molar-refractivity contribution in [2.24, 2.45) is 0 Å². The minimum atomic E-state index is -0.470. The molecule has 9 heteroatoms. The third-order valence-corrected chi connectivity index (χ3v) is 5.46. The monoisotopic (exact) mass is 479 g/mol. The van der Waals surface area contributed by atoms with Crippen molar-refractivity contribution >= 4 is 40.1 Å². The van der Waals surface area contributed by atoms with Gasteiger partial charge in [-0.25, -0.2) is 14.6 Å². The lowest BCUT2D eigenvalue weighted by Gasteiger charge is -2.13. The average Bonchev–Trinajstić information content (AvgIpc) is 3.23. The molecule has 0 bridgehead atoms. The molecule has 0 aliphatic rings. The van der Waals surface area contributed by atoms with Crippen molar-refractivity contribution in [2.45, 2.75) is 6.92 Å². The van der Waals surface area contributed by atoms with Crippen LogP contribution in [0.15, 0.2) is 91.0 Å². The fraction of sp³-hybridized carbons (Fsp3) is 0.0385. The molecule has 3 aromatic carbocycles. The van der Waals surface area contributed by atoms with Crippen LogP contribution in [0.4, 0.5) is 5.69 Å². The van der Waals surface area contributed by atoms with Crippen molar-refractivity contribution in [1.29, 1.82) is 0 Å². The first-order chi connectivity index (χ1) is 17.1. The van der Waals surface area contributed by atoms with Crippen molar-refractivity contribution in [2.75, 3.05) is 5.32 Å². The molecule has 0 aliphatic carbocycles. The van der Waals surface area contributed by atoms with Gasteiger partial charge in [-0.3, -0.25) is 15.6 Å². The summed E-state index contributed by atoms with van der Waals surface area (Å²) in [4.78, 5) is 22.8. The zero-order valence-corrected chi connectivity index (χ0v) is 19.6. The Morgan fingerprint density at radius 2 is 1.46 bits per heavy atom. The summed E-state index contributed by atoms with van der Waals surface area (Å²) in [5.74, 6) is -0.470. The van der Waals surface area contributed by atoms with Gasteiger partial charge >= 0.3 is 0 Å². The first kappa shape index (κ1) is 22.2. The molecule has 0 atom stereocenters. The van der Waals surface area contributed by atoms with Crippen LogP contribution in [0.2, 0.25) is 0 Å². The zero-order chi connectivity index (χ0) is 24.2. The number of fused-ring (bicyclic) bond motifs is 1. The quantitative estimate of drug-likeness (QED) is 0.259. The Morgan fingerprint density at radius 3 is 2.14 bits per heavy atom. The van der Waals surface area contributed by atoms with Crippen LogP contribution < -0.4 is 16.2 Å². The largest absolute Gasteiger partial charge is 0.331 e. The summed E-state index contributed by atoms with van der Waals surface area (Å²) in [6.45, 7) is 1.84. The van der Waals surface area contributed by atoms with Gasteiger partial charge in [-0.15, -0.1) is 0 Å². The highest BCUT2D eigenvalue weighted by Crippen LogP contribution is 2.26. The molecule has 0 unspecified atom stereocenters. The van der Waals surface area contributed by atoms with E-state index in [0.717, 1.165) is 16.9 Å². The molecule has 2 aromatic heterocycles. The van der Waals surface area contributed by atoms with Crippen LogP contribution in [0.5, 0.6) is 0 Å². The normalized spacial score (nSPS) is 10.7. The van der Waals surface area contributed by atoms with Crippen LogP contribution in [0.25, 0.3) is 28.1 Å². The molecular weight excluding hydrogens is 458 g/mol. The summed E-state index contributed by atoms with van der Waals surface area (Å²) in [6.07, 6.45) is 0. The fourth-order valence-electron chi connectivity index (χ4n) is 3.62. The highest BCUT2D eigenvalue weighted by molar-refractivity contribution is 7.80. The predicted octanol–water partition coefficient (Wildman–Crippen LogP) is 4.42. The Kier molecular flexibility index (Phi) is 6.15. The summed E-state index contributed by atoms with van der Waals surface area (Å²) < 4.78 is 1.74. The van der Waals surface area contributed by atoms with Gasteiger partial charge in [0.25, 0.3) is 5.91 Å². The molecule has 2 heterocycles. The molecule has 5 aromatic rings. The number of hydrogen-bond donors (Lipinski definition) is 3. The van der Waals surface area contributed by atoms with Gasteiger partial charge in [0, 0.05) is 11.3 Å². The van der Waals surface area contributed by atoms with Crippen LogP contribution in [0.3, 0.4) is 0 Å². The molecule has 0 saturated carbocycles. The van der Waals surface area contributed by atoms with Crippen molar-refractivity contribution in [3.63, 3.8) is 0 Å². The Morgan fingerprint density at radius 1 is 0.829 bits per heavy atom. The van der Waals surface area contributed by atoms with Crippen molar-refractivity contribution in [3.05, 3.63) is 102 Å². The van der Waals surface area contributed by atoms with Crippen molar-refractivity contribution in [3.8, 4) is 16.9 Å². The SMILES string of the molecule is Cc1nn(-c2ccccc2)c2nc(-c3ccccc3)c(C(=O)NNC(=S)Nc3ccccc3)nc12. The number of amides is 1. The number of rotatable bonds is 4. The summed E-state index contributed by atoms with van der Waals surface area (Å²) in [5.41, 5.74) is 10.2. The first-order valence-corrected chi connectivity index (χ1v) is 11.3. The van der Waals surface area contributed by atoms with Crippen molar-refractivity contribution < 1.29 is 4.79 Å². The van der Waals surface area contributed by atoms with Gasteiger partial charge in [0.15, 0.2) is 16.5 Å². The molecule has 1 amide bonds. The smallest absolute Gasteiger partial charge is 0.290 e. The third kappa shape index (κ3) is 4.71. The zero-order valence-electron chi connectivity index (χ0n) is 18.8. The minimum absolute atomic E-state index is 0.162. The second-order valence-corrected chi connectivity index (χ2v) is 8.10. The summed E-state index contributed by atoms with van der Waals surface area (Å²) in [6, 6.07) is 28.6. The molecule has 35 heavy (non-hydrogen) atoms. The van der Waals surface area contributed by atoms with Crippen LogP contribution in [0.1, 0.15) is 16.2 Å². The van der Waals surface area contributed by atoms with Crippen LogP contribution in [0, 0.1) is 6.92 Å². The maximum atomic E-state index is 13.2. The van der Waals surface area contributed by atoms with E-state index in [1.54, 1.807) is 4.68 Å². The number of aromatic nitrogens is 4. The lowest BCUT2D eigenvalue weighted by Crippen LogP contribution is -2.44. The summed E-state index contributed by atoms with van der Waals surface area (Å²) >= 11 is 5.30. The lowest BCUT2D eigenvalue weighted by molar-refractivity contribution is 0.0940.